The Morgan fingerprint density at radius 3 is 2.65 bits per heavy atom. The van der Waals surface area contributed by atoms with E-state index in [0.29, 0.717) is 0 Å². The Hall–Kier alpha value is -1.35. The average Bonchev–Trinajstić information content (AvgIpc) is 2.76. The van der Waals surface area contributed by atoms with E-state index < -0.39 is 0 Å². The van der Waals surface area contributed by atoms with Crippen LogP contribution < -0.4 is 4.74 Å². The van der Waals surface area contributed by atoms with E-state index in [1.54, 1.807) is 18.4 Å². The van der Waals surface area contributed by atoms with Crippen LogP contribution in [0, 0.1) is 13.8 Å². The quantitative estimate of drug-likeness (QED) is 0.818. The molecule has 0 saturated carbocycles. The van der Waals surface area contributed by atoms with Gasteiger partial charge in [0.2, 0.25) is 0 Å². The first-order valence-electron chi connectivity index (χ1n) is 5.75. The van der Waals surface area contributed by atoms with Gasteiger partial charge >= 0.3 is 0 Å². The maximum atomic E-state index is 5.47. The van der Waals surface area contributed by atoms with Gasteiger partial charge in [0.05, 0.1) is 17.8 Å². The first-order valence-corrected chi connectivity index (χ1v) is 6.63. The van der Waals surface area contributed by atoms with Crippen LogP contribution in [0.1, 0.15) is 23.1 Å². The standard InChI is InChI=1S/C14H17NOS/c1-5-13-15-11(8-17-13)14-10(3)6-9(2)7-12(14)16-4/h6-8H,5H2,1-4H3. The van der Waals surface area contributed by atoms with Crippen LogP contribution in [0.15, 0.2) is 17.5 Å². The van der Waals surface area contributed by atoms with E-state index in [2.05, 4.69) is 43.3 Å². The highest BCUT2D eigenvalue weighted by Gasteiger charge is 2.13. The fraction of sp³-hybridized carbons (Fsp3) is 0.357. The van der Waals surface area contributed by atoms with Gasteiger partial charge in [-0.2, -0.15) is 0 Å². The zero-order valence-electron chi connectivity index (χ0n) is 10.7. The molecule has 0 N–H and O–H groups in total. The van der Waals surface area contributed by atoms with Gasteiger partial charge in [-0.25, -0.2) is 4.98 Å². The van der Waals surface area contributed by atoms with Crippen LogP contribution in [-0.2, 0) is 6.42 Å². The molecule has 0 fully saturated rings. The number of rotatable bonds is 3. The Labute approximate surface area is 106 Å². The lowest BCUT2D eigenvalue weighted by molar-refractivity contribution is 0.415. The number of benzene rings is 1. The summed E-state index contributed by atoms with van der Waals surface area (Å²) in [5, 5.41) is 3.28. The van der Waals surface area contributed by atoms with Gasteiger partial charge in [-0.15, -0.1) is 11.3 Å². The molecule has 1 aromatic carbocycles. The minimum atomic E-state index is 0.912. The predicted molar refractivity (Wildman–Crippen MR) is 73.0 cm³/mol. The first kappa shape index (κ1) is 12.1. The van der Waals surface area contributed by atoms with Crippen molar-refractivity contribution < 1.29 is 4.74 Å². The highest BCUT2D eigenvalue weighted by molar-refractivity contribution is 7.09. The normalized spacial score (nSPS) is 10.6. The maximum Gasteiger partial charge on any atom is 0.128 e. The first-order chi connectivity index (χ1) is 8.15. The van der Waals surface area contributed by atoms with Crippen LogP contribution in [0.3, 0.4) is 0 Å². The third-order valence-corrected chi connectivity index (χ3v) is 3.77. The topological polar surface area (TPSA) is 22.1 Å². The number of aryl methyl sites for hydroxylation is 3. The SMILES string of the molecule is CCc1nc(-c2c(C)cc(C)cc2OC)cs1. The van der Waals surface area contributed by atoms with Crippen molar-refractivity contribution in [3.63, 3.8) is 0 Å². The summed E-state index contributed by atoms with van der Waals surface area (Å²) in [7, 11) is 1.71. The highest BCUT2D eigenvalue weighted by Crippen LogP contribution is 2.34. The van der Waals surface area contributed by atoms with Crippen LogP contribution in [-0.4, -0.2) is 12.1 Å². The van der Waals surface area contributed by atoms with E-state index in [1.165, 1.54) is 16.1 Å². The second kappa shape index (κ2) is 4.88. The number of methoxy groups -OCH3 is 1. The third kappa shape index (κ3) is 2.34. The number of thiazole rings is 1. The molecule has 1 aromatic heterocycles. The van der Waals surface area contributed by atoms with Crippen LogP contribution in [0.5, 0.6) is 5.75 Å². The number of ether oxygens (including phenoxy) is 1. The van der Waals surface area contributed by atoms with E-state index in [-0.39, 0.29) is 0 Å². The minimum absolute atomic E-state index is 0.912. The fourth-order valence-electron chi connectivity index (χ4n) is 2.01. The second-order valence-electron chi connectivity index (χ2n) is 4.14. The Balaban J connectivity index is 2.57. The van der Waals surface area contributed by atoms with Gasteiger partial charge in [0.1, 0.15) is 5.75 Å². The van der Waals surface area contributed by atoms with Crippen molar-refractivity contribution in [3.8, 4) is 17.0 Å². The monoisotopic (exact) mass is 247 g/mol. The summed E-state index contributed by atoms with van der Waals surface area (Å²) in [6.07, 6.45) is 0.984. The molecule has 0 atom stereocenters. The van der Waals surface area contributed by atoms with Gasteiger partial charge in [-0.1, -0.05) is 13.0 Å². The summed E-state index contributed by atoms with van der Waals surface area (Å²) in [5.41, 5.74) is 4.58. The van der Waals surface area contributed by atoms with Gasteiger partial charge in [-0.05, 0) is 37.5 Å². The van der Waals surface area contributed by atoms with Gasteiger partial charge < -0.3 is 4.74 Å². The summed E-state index contributed by atoms with van der Waals surface area (Å²) in [5.74, 6) is 0.912. The molecular formula is C14H17NOS. The lowest BCUT2D eigenvalue weighted by Gasteiger charge is -2.11. The largest absolute Gasteiger partial charge is 0.496 e. The van der Waals surface area contributed by atoms with Crippen molar-refractivity contribution >= 4 is 11.3 Å². The van der Waals surface area contributed by atoms with Crippen molar-refractivity contribution in [3.05, 3.63) is 33.6 Å². The second-order valence-corrected chi connectivity index (χ2v) is 5.08. The molecule has 1 heterocycles. The van der Waals surface area contributed by atoms with Crippen LogP contribution in [0.2, 0.25) is 0 Å². The zero-order chi connectivity index (χ0) is 12.4. The lowest BCUT2D eigenvalue weighted by atomic mass is 10.0. The number of nitrogens with zero attached hydrogens (tertiary/aromatic N) is 1. The Kier molecular flexibility index (Phi) is 3.48. The van der Waals surface area contributed by atoms with Crippen molar-refractivity contribution in [2.75, 3.05) is 7.11 Å². The Morgan fingerprint density at radius 2 is 2.06 bits per heavy atom. The summed E-state index contributed by atoms with van der Waals surface area (Å²) in [4.78, 5) is 4.64. The highest BCUT2D eigenvalue weighted by atomic mass is 32.1. The number of hydrogen-bond donors (Lipinski definition) is 0. The maximum absolute atomic E-state index is 5.47. The molecule has 2 rings (SSSR count). The fourth-order valence-corrected chi connectivity index (χ4v) is 2.74. The summed E-state index contributed by atoms with van der Waals surface area (Å²) in [6, 6.07) is 4.23. The molecule has 2 aromatic rings. The predicted octanol–water partition coefficient (Wildman–Crippen LogP) is 4.00. The molecule has 90 valence electrons. The minimum Gasteiger partial charge on any atom is -0.496 e. The molecule has 0 saturated heterocycles. The van der Waals surface area contributed by atoms with Gasteiger partial charge in [-0.3, -0.25) is 0 Å². The van der Waals surface area contributed by atoms with E-state index in [4.69, 9.17) is 4.74 Å². The van der Waals surface area contributed by atoms with Crippen LogP contribution in [0.4, 0.5) is 0 Å². The molecule has 0 aliphatic heterocycles. The molecule has 3 heteroatoms. The Morgan fingerprint density at radius 1 is 1.29 bits per heavy atom. The molecule has 2 nitrogen and oxygen atoms in total. The van der Waals surface area contributed by atoms with E-state index in [0.717, 1.165) is 23.4 Å². The van der Waals surface area contributed by atoms with E-state index in [1.807, 2.05) is 0 Å². The van der Waals surface area contributed by atoms with Crippen LogP contribution >= 0.6 is 11.3 Å². The van der Waals surface area contributed by atoms with Crippen molar-refractivity contribution in [1.29, 1.82) is 0 Å². The van der Waals surface area contributed by atoms with Crippen LogP contribution in [0.25, 0.3) is 11.3 Å². The third-order valence-electron chi connectivity index (χ3n) is 2.77. The number of aromatic nitrogens is 1. The van der Waals surface area contributed by atoms with E-state index in [9.17, 15) is 0 Å². The van der Waals surface area contributed by atoms with Gasteiger partial charge in [0, 0.05) is 10.9 Å². The summed E-state index contributed by atoms with van der Waals surface area (Å²) >= 11 is 1.71. The molecule has 0 aliphatic rings. The van der Waals surface area contributed by atoms with Gasteiger partial charge in [0.15, 0.2) is 0 Å². The summed E-state index contributed by atoms with van der Waals surface area (Å²) in [6.45, 7) is 6.31. The molecule has 17 heavy (non-hydrogen) atoms. The molecule has 0 aliphatic carbocycles. The molecule has 0 spiro atoms. The van der Waals surface area contributed by atoms with Gasteiger partial charge in [0.25, 0.3) is 0 Å². The smallest absolute Gasteiger partial charge is 0.128 e. The lowest BCUT2D eigenvalue weighted by Crippen LogP contribution is -1.93. The van der Waals surface area contributed by atoms with Crippen molar-refractivity contribution in [2.45, 2.75) is 27.2 Å². The molecular weight excluding hydrogens is 230 g/mol. The molecule has 0 unspecified atom stereocenters. The molecule has 0 bridgehead atoms. The van der Waals surface area contributed by atoms with E-state index >= 15 is 0 Å². The molecule has 0 radical (unpaired) electrons. The number of hydrogen-bond acceptors (Lipinski definition) is 3. The zero-order valence-corrected chi connectivity index (χ0v) is 11.5. The van der Waals surface area contributed by atoms with Crippen molar-refractivity contribution in [1.82, 2.24) is 4.98 Å². The van der Waals surface area contributed by atoms with Crippen molar-refractivity contribution in [2.24, 2.45) is 0 Å². The molecule has 0 amide bonds. The average molecular weight is 247 g/mol. The summed E-state index contributed by atoms with van der Waals surface area (Å²) < 4.78 is 5.47. The Bertz CT molecular complexity index is 531.